The second-order valence-corrected chi connectivity index (χ2v) is 26.3. The summed E-state index contributed by atoms with van der Waals surface area (Å²) in [6, 6.07) is 37.3. The Morgan fingerprint density at radius 2 is 0.957 bits per heavy atom. The molecule has 3 aliphatic carbocycles. The summed E-state index contributed by atoms with van der Waals surface area (Å²) in [5.74, 6) is 1.24. The fourth-order valence-corrected chi connectivity index (χ4v) is 15.7. The van der Waals surface area contributed by atoms with Gasteiger partial charge in [-0.1, -0.05) is 95.6 Å². The number of ether oxygens (including phenoxy) is 1. The first-order chi connectivity index (χ1) is 45.4. The number of thiophene rings is 3. The maximum Gasteiger partial charge on any atom is 0.298 e. The number of aryl methyl sites for hydroxylation is 3. The summed E-state index contributed by atoms with van der Waals surface area (Å²) < 4.78 is 20.0. The zero-order valence-electron chi connectivity index (χ0n) is 53.0. The van der Waals surface area contributed by atoms with Crippen LogP contribution in [-0.4, -0.2) is 101 Å². The molecule has 0 atom stereocenters. The average Bonchev–Trinajstić information content (AvgIpc) is 1.82. The van der Waals surface area contributed by atoms with Gasteiger partial charge in [-0.05, 0) is 191 Å². The van der Waals surface area contributed by atoms with E-state index in [-0.39, 0.29) is 23.3 Å². The van der Waals surface area contributed by atoms with Gasteiger partial charge >= 0.3 is 0 Å². The van der Waals surface area contributed by atoms with E-state index >= 15 is 0 Å². The highest BCUT2D eigenvalue weighted by Crippen LogP contribution is 2.44. The number of alkyl halides is 1. The van der Waals surface area contributed by atoms with E-state index < -0.39 is 7.15 Å². The molecule has 3 aromatic carbocycles. The molecule has 1 amide bonds. The van der Waals surface area contributed by atoms with Crippen LogP contribution >= 0.6 is 34.0 Å². The zero-order valence-corrected chi connectivity index (χ0v) is 54.4. The molecule has 6 aromatic heterocycles. The summed E-state index contributed by atoms with van der Waals surface area (Å²) in [5, 5.41) is 9.56. The van der Waals surface area contributed by atoms with Gasteiger partial charge in [0, 0.05) is 99.7 Å². The van der Waals surface area contributed by atoms with Crippen molar-refractivity contribution in [3.05, 3.63) is 272 Å². The Labute approximate surface area is 550 Å². The van der Waals surface area contributed by atoms with Gasteiger partial charge in [-0.25, -0.2) is 0 Å². The van der Waals surface area contributed by atoms with Crippen LogP contribution < -0.4 is 10.1 Å². The number of aromatic nitrogens is 3. The molecule has 16 heteroatoms. The van der Waals surface area contributed by atoms with Crippen molar-refractivity contribution in [1.82, 2.24) is 30.1 Å². The number of carbonyl (C=O) groups excluding carboxylic acids is 5. The van der Waals surface area contributed by atoms with Gasteiger partial charge in [-0.15, -0.1) is 34.0 Å². The number of piperidine rings is 3. The number of hydrogen-bond donors (Lipinski definition) is 1. The van der Waals surface area contributed by atoms with Crippen molar-refractivity contribution in [3.8, 4) is 5.75 Å². The molecule has 92 heavy (non-hydrogen) atoms. The number of fused-ring (bicyclic) bond motifs is 6. The second-order valence-electron chi connectivity index (χ2n) is 23.5. The zero-order chi connectivity index (χ0) is 64.8. The number of Topliss-reactive ketones (excluding diaryl/α,β-unsaturated/α-hetero) is 3. The van der Waals surface area contributed by atoms with Gasteiger partial charge in [-0.2, -0.15) is 0 Å². The van der Waals surface area contributed by atoms with Crippen LogP contribution in [0.1, 0.15) is 152 Å². The van der Waals surface area contributed by atoms with Crippen LogP contribution in [0.5, 0.6) is 5.75 Å². The van der Waals surface area contributed by atoms with E-state index in [2.05, 4.69) is 120 Å². The third-order valence-corrected chi connectivity index (χ3v) is 20.2. The topological polar surface area (TPSA) is 152 Å². The molecule has 15 rings (SSSR count). The first-order valence-electron chi connectivity index (χ1n) is 31.8. The van der Waals surface area contributed by atoms with Crippen molar-refractivity contribution in [2.24, 2.45) is 0 Å². The Balaban J connectivity index is 0.000000131. The van der Waals surface area contributed by atoms with Crippen LogP contribution in [0.2, 0.25) is 0 Å². The van der Waals surface area contributed by atoms with Crippen molar-refractivity contribution in [1.29, 1.82) is 0 Å². The number of amides is 1. The fraction of sp³-hybridized carbons (Fsp3) is 0.263. The number of nitrogens with one attached hydrogen (secondary N) is 1. The van der Waals surface area contributed by atoms with Gasteiger partial charge in [-0.3, -0.25) is 48.2 Å². The van der Waals surface area contributed by atoms with Crippen molar-refractivity contribution >= 4 is 80.5 Å². The first-order valence-corrected chi connectivity index (χ1v) is 33.7. The lowest BCUT2D eigenvalue weighted by atomic mass is 9.87. The monoisotopic (exact) mass is 1280 g/mol. The number of benzene rings is 3. The van der Waals surface area contributed by atoms with Gasteiger partial charge in [0.05, 0.1) is 34.9 Å². The molecule has 6 aliphatic rings. The molecule has 3 aliphatic heterocycles. The summed E-state index contributed by atoms with van der Waals surface area (Å²) in [6.45, 7) is 12.8. The Hall–Kier alpha value is -8.77. The number of pyridine rings is 3. The highest BCUT2D eigenvalue weighted by atomic mass is 32.1. The maximum absolute atomic E-state index is 12.9. The molecule has 3 saturated heterocycles. The standard InChI is InChI=1S/C25H22N2O2S.C25H24N2OS.C18H17NOS.C7H7NO2.CH3F/c1-16-12-19(15-26-14-16)25(29)27-9-6-17(7-10-27)23-20-5-3-2-4-18(20)13-22(28)24-21(23)8-11-30-24;1-17-12-18(15-26-14-17)16-27-9-6-19(7-10-27)24-21-5-3-2-4-20(21)13-23(28)25-22(24)8-11-29-25;20-16-11-13-3-1-2-4-14(13)17(12-5-8-19-9-6-12)15-7-10-21-18(15)16;1-6-2-7(10-5-9)4-8-3-6;1-2/h2-5,8,11-12,14-15H,6-7,9-10,13H2,1H3;2-5,8,11-12,14-15H,6-7,9-10,13,16H2,1H3;1-4,7,10,19H,5-6,8-9,11H2;2-5H,1H3;1H3/i;;;;1D. The summed E-state index contributed by atoms with van der Waals surface area (Å²) in [4.78, 5) is 80.4. The third kappa shape index (κ3) is 14.9. The molecule has 468 valence electrons. The molecular formula is C76H73FN6O6S3. The van der Waals surface area contributed by atoms with E-state index in [1.165, 1.54) is 84.4 Å². The van der Waals surface area contributed by atoms with Crippen LogP contribution in [0.25, 0.3) is 16.7 Å². The molecule has 0 bridgehead atoms. The molecule has 0 saturated carbocycles. The van der Waals surface area contributed by atoms with Crippen LogP contribution in [0, 0.1) is 20.8 Å². The van der Waals surface area contributed by atoms with E-state index in [1.807, 2.05) is 66.9 Å². The molecule has 3 fully saturated rings. The smallest absolute Gasteiger partial charge is 0.298 e. The lowest BCUT2D eigenvalue weighted by Crippen LogP contribution is -2.36. The minimum atomic E-state index is -1.00. The van der Waals surface area contributed by atoms with Gasteiger partial charge < -0.3 is 15.0 Å². The quantitative estimate of drug-likeness (QED) is 0.164. The van der Waals surface area contributed by atoms with E-state index in [9.17, 15) is 28.4 Å². The van der Waals surface area contributed by atoms with Crippen molar-refractivity contribution in [2.75, 3.05) is 46.4 Å². The number of likely N-dealkylation sites (tertiary alicyclic amines) is 2. The Kier molecular flexibility index (Phi) is 21.1. The first kappa shape index (κ1) is 63.4. The molecule has 9 aromatic rings. The molecular weight excluding hydrogens is 1210 g/mol. The van der Waals surface area contributed by atoms with Gasteiger partial charge in [0.15, 0.2) is 17.3 Å². The minimum absolute atomic E-state index is 0.0444. The van der Waals surface area contributed by atoms with Crippen molar-refractivity contribution < 1.29 is 34.5 Å². The van der Waals surface area contributed by atoms with E-state index in [0.717, 1.165) is 125 Å². The van der Waals surface area contributed by atoms with Gasteiger partial charge in [0.25, 0.3) is 12.4 Å². The lowest BCUT2D eigenvalue weighted by Gasteiger charge is -2.30. The number of halogens is 1. The largest absolute Gasteiger partial charge is 0.427 e. The highest BCUT2D eigenvalue weighted by Gasteiger charge is 2.32. The third-order valence-electron chi connectivity index (χ3n) is 17.4. The number of carbonyl (C=O) groups is 5. The van der Waals surface area contributed by atoms with Gasteiger partial charge in [0.1, 0.15) is 5.75 Å². The average molecular weight is 1280 g/mol. The van der Waals surface area contributed by atoms with Crippen LogP contribution in [-0.2, 0) is 30.6 Å². The SMILES string of the molecule is Cc1cncc(C(=O)N2CCC(=C3c4ccccc4CC(=O)c4sccc43)CC2)c1.Cc1cncc(CN2CCC(=C3c4ccccc4CC(=O)c4sccc43)CC2)c1.Cc1cncc(OC=O)c1.O=C1Cc2ccccc2C(=C2CCNCC2)c2ccsc21.[2H]CF. The molecule has 0 unspecified atom stereocenters. The number of hydrogen-bond acceptors (Lipinski definition) is 14. The van der Waals surface area contributed by atoms with Gasteiger partial charge in [0.2, 0.25) is 0 Å². The Bertz CT molecular complexity index is 4310. The Morgan fingerprint density at radius 1 is 0.543 bits per heavy atom. The highest BCUT2D eigenvalue weighted by molar-refractivity contribution is 7.13. The predicted molar refractivity (Wildman–Crippen MR) is 367 cm³/mol. The molecule has 9 heterocycles. The fourth-order valence-electron chi connectivity index (χ4n) is 13.2. The number of nitrogens with zero attached hydrogens (tertiary/aromatic N) is 5. The number of ketones is 3. The summed E-state index contributed by atoms with van der Waals surface area (Å²) in [7, 11) is -1.00. The second kappa shape index (κ2) is 30.6. The minimum Gasteiger partial charge on any atom is -0.427 e. The predicted octanol–water partition coefficient (Wildman–Crippen LogP) is 15.4. The summed E-state index contributed by atoms with van der Waals surface area (Å²) >= 11 is 4.71. The Morgan fingerprint density at radius 3 is 1.40 bits per heavy atom. The molecule has 0 spiro atoms. The van der Waals surface area contributed by atoms with Crippen LogP contribution in [0.3, 0.4) is 0 Å². The molecule has 1 N–H and O–H groups in total. The summed E-state index contributed by atoms with van der Waals surface area (Å²) in [6.07, 6.45) is 17.8. The molecule has 0 radical (unpaired) electrons. The van der Waals surface area contributed by atoms with E-state index in [4.69, 9.17) is 1.37 Å². The van der Waals surface area contributed by atoms with Crippen LogP contribution in [0.4, 0.5) is 4.39 Å². The summed E-state index contributed by atoms with van der Waals surface area (Å²) in [5.41, 5.74) is 23.8. The maximum atomic E-state index is 12.9. The van der Waals surface area contributed by atoms with E-state index in [0.29, 0.717) is 50.1 Å². The van der Waals surface area contributed by atoms with Crippen LogP contribution in [0.15, 0.2) is 179 Å². The van der Waals surface area contributed by atoms with Crippen molar-refractivity contribution in [2.45, 2.75) is 85.1 Å². The van der Waals surface area contributed by atoms with E-state index in [1.54, 1.807) is 47.3 Å². The lowest BCUT2D eigenvalue weighted by molar-refractivity contribution is -0.120. The normalized spacial score (nSPS) is 16.0. The number of rotatable bonds is 5. The molecule has 12 nitrogen and oxygen atoms in total. The van der Waals surface area contributed by atoms with Crippen molar-refractivity contribution in [3.63, 3.8) is 0 Å².